The summed E-state index contributed by atoms with van der Waals surface area (Å²) < 4.78 is 37.0. The molecule has 2 N–H and O–H groups in total. The molecule has 5 nitrogen and oxygen atoms in total. The van der Waals surface area contributed by atoms with Gasteiger partial charge in [-0.2, -0.15) is 13.2 Å². The lowest BCUT2D eigenvalue weighted by Gasteiger charge is -2.07. The van der Waals surface area contributed by atoms with Crippen molar-refractivity contribution in [3.8, 4) is 0 Å². The molecule has 2 heterocycles. The molecule has 0 unspecified atom stereocenters. The van der Waals surface area contributed by atoms with E-state index in [2.05, 4.69) is 15.3 Å². The number of hydrogen-bond acceptors (Lipinski definition) is 4. The molecule has 0 saturated heterocycles. The fraction of sp³-hybridized carbons (Fsp3) is 0.182. The molecule has 2 aromatic heterocycles. The Morgan fingerprint density at radius 2 is 2.10 bits per heavy atom. The van der Waals surface area contributed by atoms with Gasteiger partial charge in [0.25, 0.3) is 5.91 Å². The van der Waals surface area contributed by atoms with Crippen LogP contribution in [-0.4, -0.2) is 15.9 Å². The van der Waals surface area contributed by atoms with Crippen molar-refractivity contribution >= 4 is 23.1 Å². The van der Waals surface area contributed by atoms with Crippen LogP contribution < -0.4 is 10.2 Å². The second-order valence-corrected chi connectivity index (χ2v) is 4.84. The highest BCUT2D eigenvalue weighted by molar-refractivity contribution is 7.11. The average molecular weight is 303 g/mol. The first-order valence-electron chi connectivity index (χ1n) is 5.31. The third-order valence-corrected chi connectivity index (χ3v) is 3.35. The van der Waals surface area contributed by atoms with E-state index >= 15 is 0 Å². The van der Waals surface area contributed by atoms with Crippen molar-refractivity contribution in [2.45, 2.75) is 13.1 Å². The van der Waals surface area contributed by atoms with E-state index < -0.39 is 17.6 Å². The van der Waals surface area contributed by atoms with Gasteiger partial charge in [0, 0.05) is 11.9 Å². The van der Waals surface area contributed by atoms with E-state index in [1.54, 1.807) is 6.92 Å². The van der Waals surface area contributed by atoms with Gasteiger partial charge in [0.15, 0.2) is 0 Å². The second kappa shape index (κ2) is 5.08. The molecular weight excluding hydrogens is 295 g/mol. The summed E-state index contributed by atoms with van der Waals surface area (Å²) in [5.41, 5.74) is -0.512. The van der Waals surface area contributed by atoms with Crippen LogP contribution >= 0.6 is 11.3 Å². The van der Waals surface area contributed by atoms with E-state index in [0.717, 1.165) is 23.5 Å². The van der Waals surface area contributed by atoms with Crippen molar-refractivity contribution in [2.24, 2.45) is 0 Å². The fourth-order valence-corrected chi connectivity index (χ4v) is 2.17. The van der Waals surface area contributed by atoms with Crippen LogP contribution in [0.25, 0.3) is 0 Å². The maximum Gasteiger partial charge on any atom is 0.417 e. The number of anilines is 1. The van der Waals surface area contributed by atoms with Gasteiger partial charge in [0.2, 0.25) is 0 Å². The molecule has 0 spiro atoms. The Balaban J connectivity index is 2.16. The number of carbonyl (C=O) groups is 1. The number of halogens is 3. The van der Waals surface area contributed by atoms with E-state index in [1.807, 2.05) is 0 Å². The van der Waals surface area contributed by atoms with Crippen molar-refractivity contribution in [2.75, 3.05) is 5.32 Å². The Labute approximate surface area is 114 Å². The van der Waals surface area contributed by atoms with Crippen LogP contribution in [0.15, 0.2) is 23.1 Å². The van der Waals surface area contributed by atoms with Crippen LogP contribution in [0.5, 0.6) is 0 Å². The number of H-pyrrole nitrogens is 1. The Morgan fingerprint density at radius 3 is 2.55 bits per heavy atom. The van der Waals surface area contributed by atoms with Gasteiger partial charge in [-0.15, -0.1) is 0 Å². The molecule has 0 aliphatic carbocycles. The van der Waals surface area contributed by atoms with E-state index in [4.69, 9.17) is 0 Å². The number of thiazole rings is 1. The third-order valence-electron chi connectivity index (χ3n) is 2.36. The monoisotopic (exact) mass is 303 g/mol. The molecule has 1 amide bonds. The molecule has 0 atom stereocenters. The number of aromatic amines is 1. The molecular formula is C11H8F3N3O2S. The number of carbonyl (C=O) groups excluding carboxylic acids is 1. The number of amides is 1. The number of aromatic nitrogens is 2. The van der Waals surface area contributed by atoms with Crippen LogP contribution in [0, 0.1) is 6.92 Å². The summed E-state index contributed by atoms with van der Waals surface area (Å²) >= 11 is 0.718. The lowest BCUT2D eigenvalue weighted by Crippen LogP contribution is -2.13. The van der Waals surface area contributed by atoms with Crippen LogP contribution in [0.1, 0.15) is 20.9 Å². The summed E-state index contributed by atoms with van der Waals surface area (Å²) in [6, 6.07) is 1.86. The van der Waals surface area contributed by atoms with E-state index in [9.17, 15) is 22.8 Å². The Kier molecular flexibility index (Phi) is 3.62. The molecule has 0 bridgehead atoms. The van der Waals surface area contributed by atoms with Crippen molar-refractivity contribution in [3.05, 3.63) is 44.1 Å². The van der Waals surface area contributed by atoms with Crippen LogP contribution in [0.3, 0.4) is 0 Å². The van der Waals surface area contributed by atoms with Gasteiger partial charge in [0.05, 0.1) is 5.56 Å². The number of aryl methyl sites for hydroxylation is 1. The van der Waals surface area contributed by atoms with E-state index in [1.165, 1.54) is 0 Å². The number of rotatable bonds is 2. The van der Waals surface area contributed by atoms with Crippen molar-refractivity contribution in [3.63, 3.8) is 0 Å². The number of nitrogens with zero attached hydrogens (tertiary/aromatic N) is 1. The number of nitrogens with one attached hydrogen (secondary N) is 2. The second-order valence-electron chi connectivity index (χ2n) is 3.85. The maximum absolute atomic E-state index is 12.3. The minimum atomic E-state index is -4.48. The highest BCUT2D eigenvalue weighted by atomic mass is 32.1. The van der Waals surface area contributed by atoms with Crippen molar-refractivity contribution in [1.29, 1.82) is 0 Å². The SMILES string of the molecule is Cc1[nH]c(=O)sc1C(=O)Nc1ccc(C(F)(F)F)cn1. The van der Waals surface area contributed by atoms with E-state index in [-0.39, 0.29) is 15.6 Å². The molecule has 106 valence electrons. The predicted octanol–water partition coefficient (Wildman–Crippen LogP) is 2.41. The molecule has 0 radical (unpaired) electrons. The lowest BCUT2D eigenvalue weighted by molar-refractivity contribution is -0.137. The summed E-state index contributed by atoms with van der Waals surface area (Å²) in [5, 5.41) is 2.33. The van der Waals surface area contributed by atoms with Crippen LogP contribution in [-0.2, 0) is 6.18 Å². The van der Waals surface area contributed by atoms with Crippen molar-refractivity contribution in [1.82, 2.24) is 9.97 Å². The molecule has 20 heavy (non-hydrogen) atoms. The maximum atomic E-state index is 12.3. The molecule has 2 rings (SSSR count). The number of pyridine rings is 1. The van der Waals surface area contributed by atoms with Gasteiger partial charge < -0.3 is 10.3 Å². The van der Waals surface area contributed by atoms with Gasteiger partial charge in [-0.3, -0.25) is 9.59 Å². The summed E-state index contributed by atoms with van der Waals surface area (Å²) in [5.74, 6) is -0.624. The van der Waals surface area contributed by atoms with Crippen LogP contribution in [0.2, 0.25) is 0 Å². The first-order chi connectivity index (χ1) is 9.27. The Hall–Kier alpha value is -2.16. The highest BCUT2D eigenvalue weighted by Gasteiger charge is 2.30. The Bertz CT molecular complexity index is 688. The summed E-state index contributed by atoms with van der Waals surface area (Å²) in [6.45, 7) is 1.55. The molecule has 0 aromatic carbocycles. The first kappa shape index (κ1) is 14.3. The quantitative estimate of drug-likeness (QED) is 0.894. The topological polar surface area (TPSA) is 74.8 Å². The lowest BCUT2D eigenvalue weighted by atomic mass is 10.3. The minimum absolute atomic E-state index is 0.0248. The molecule has 0 fully saturated rings. The zero-order valence-electron chi connectivity index (χ0n) is 10.0. The summed E-state index contributed by atoms with van der Waals surface area (Å²) in [6.07, 6.45) is -3.85. The van der Waals surface area contributed by atoms with Gasteiger partial charge in [0.1, 0.15) is 10.7 Å². The van der Waals surface area contributed by atoms with Crippen molar-refractivity contribution < 1.29 is 18.0 Å². The summed E-state index contributed by atoms with van der Waals surface area (Å²) in [7, 11) is 0. The standard InChI is InChI=1S/C11H8F3N3O2S/c1-5-8(20-10(19)16-5)9(18)17-7-3-2-6(4-15-7)11(12,13)14/h2-4H,1H3,(H,16,19)(H,15,17,18). The van der Waals surface area contributed by atoms with E-state index in [0.29, 0.717) is 11.9 Å². The summed E-state index contributed by atoms with van der Waals surface area (Å²) in [4.78, 5) is 28.6. The van der Waals surface area contributed by atoms with Gasteiger partial charge >= 0.3 is 11.0 Å². The fourth-order valence-electron chi connectivity index (χ4n) is 1.43. The zero-order valence-corrected chi connectivity index (χ0v) is 10.9. The normalized spacial score (nSPS) is 11.4. The molecule has 0 aliphatic heterocycles. The molecule has 0 aliphatic rings. The van der Waals surface area contributed by atoms with Gasteiger partial charge in [-0.05, 0) is 19.1 Å². The number of alkyl halides is 3. The largest absolute Gasteiger partial charge is 0.417 e. The zero-order chi connectivity index (χ0) is 14.9. The first-order valence-corrected chi connectivity index (χ1v) is 6.13. The predicted molar refractivity (Wildman–Crippen MR) is 66.9 cm³/mol. The number of hydrogen-bond donors (Lipinski definition) is 2. The van der Waals surface area contributed by atoms with Crippen LogP contribution in [0.4, 0.5) is 19.0 Å². The minimum Gasteiger partial charge on any atom is -0.316 e. The third kappa shape index (κ3) is 3.05. The van der Waals surface area contributed by atoms with Gasteiger partial charge in [-0.1, -0.05) is 11.3 Å². The Morgan fingerprint density at radius 1 is 1.40 bits per heavy atom. The molecule has 0 saturated carbocycles. The average Bonchev–Trinajstić information content (AvgIpc) is 2.68. The molecule has 2 aromatic rings. The highest BCUT2D eigenvalue weighted by Crippen LogP contribution is 2.28. The smallest absolute Gasteiger partial charge is 0.316 e. The van der Waals surface area contributed by atoms with Gasteiger partial charge in [-0.25, -0.2) is 4.98 Å². The molecule has 9 heteroatoms.